The second-order valence-corrected chi connectivity index (χ2v) is 6.16. The van der Waals surface area contributed by atoms with Crippen LogP contribution in [0.2, 0.25) is 0 Å². The Labute approximate surface area is 140 Å². The highest BCUT2D eigenvalue weighted by Gasteiger charge is 2.21. The van der Waals surface area contributed by atoms with E-state index in [9.17, 15) is 10.1 Å². The fourth-order valence-electron chi connectivity index (χ4n) is 2.27. The highest BCUT2D eigenvalue weighted by molar-refractivity contribution is 7.10. The summed E-state index contributed by atoms with van der Waals surface area (Å²) in [4.78, 5) is 16.6. The van der Waals surface area contributed by atoms with Crippen LogP contribution in [0.15, 0.2) is 41.3 Å². The number of benzene rings is 1. The summed E-state index contributed by atoms with van der Waals surface area (Å²) in [6.45, 7) is 3.73. The van der Waals surface area contributed by atoms with Gasteiger partial charge in [0.05, 0.1) is 13.2 Å². The van der Waals surface area contributed by atoms with Gasteiger partial charge in [0.25, 0.3) is 0 Å². The van der Waals surface area contributed by atoms with Crippen molar-refractivity contribution >= 4 is 17.1 Å². The highest BCUT2D eigenvalue weighted by atomic mass is 32.1. The van der Waals surface area contributed by atoms with Gasteiger partial charge >= 0.3 is 0 Å². The summed E-state index contributed by atoms with van der Waals surface area (Å²) in [5.41, 5.74) is 2.72. The molecule has 0 fully saturated rings. The number of ether oxygens (including phenoxy) is 1. The van der Waals surface area contributed by atoms with Crippen molar-refractivity contribution < 1.29 is 9.53 Å². The molecule has 0 aliphatic rings. The molecule has 1 aromatic heterocycles. The molecular weight excluding hydrogens is 308 g/mol. The maximum Gasteiger partial charge on any atom is 0.179 e. The van der Waals surface area contributed by atoms with Gasteiger partial charge in [-0.3, -0.25) is 4.79 Å². The predicted molar refractivity (Wildman–Crippen MR) is 90.7 cm³/mol. The number of hydrogen-bond donors (Lipinski definition) is 0. The summed E-state index contributed by atoms with van der Waals surface area (Å²) in [6.07, 6.45) is 2.14. The Kier molecular flexibility index (Phi) is 5.67. The number of carbonyl (C=O) groups excluding carboxylic acids is 1. The van der Waals surface area contributed by atoms with Crippen molar-refractivity contribution in [1.82, 2.24) is 4.98 Å². The average molecular weight is 326 g/mol. The molecule has 2 rings (SSSR count). The number of carbonyl (C=O) groups is 1. The van der Waals surface area contributed by atoms with Gasteiger partial charge in [0.1, 0.15) is 10.8 Å². The summed E-state index contributed by atoms with van der Waals surface area (Å²) < 4.78 is 5.32. The minimum absolute atomic E-state index is 0.228. The molecule has 4 nitrogen and oxygen atoms in total. The number of para-hydroxylation sites is 1. The molecule has 0 amide bonds. The molecule has 0 aliphatic carbocycles. The molecular formula is C18H18N2O2S. The van der Waals surface area contributed by atoms with E-state index in [1.807, 2.05) is 43.5 Å². The van der Waals surface area contributed by atoms with Crippen LogP contribution in [0.1, 0.15) is 29.1 Å². The number of allylic oxidation sites excluding steroid dienone is 2. The lowest BCUT2D eigenvalue weighted by Gasteiger charge is -2.08. The van der Waals surface area contributed by atoms with E-state index in [1.54, 1.807) is 7.11 Å². The zero-order chi connectivity index (χ0) is 16.8. The SMILES string of the molecule is COc1ccccc1C/C(C)=C\C(=O)[C@@H](C#N)c1nc(C)cs1. The number of thiazole rings is 1. The minimum Gasteiger partial charge on any atom is -0.496 e. The molecule has 0 N–H and O–H groups in total. The highest BCUT2D eigenvalue weighted by Crippen LogP contribution is 2.23. The van der Waals surface area contributed by atoms with E-state index in [4.69, 9.17) is 4.74 Å². The Morgan fingerprint density at radius 2 is 2.22 bits per heavy atom. The standard InChI is InChI=1S/C18H18N2O2S/c1-12(8-14-6-4-5-7-17(14)22-3)9-16(21)15(10-19)18-20-13(2)11-23-18/h4-7,9,11,15H,8H2,1-3H3/b12-9-/t15-/m1/s1. The molecule has 5 heteroatoms. The van der Waals surface area contributed by atoms with Crippen LogP contribution in [0.3, 0.4) is 0 Å². The zero-order valence-electron chi connectivity index (χ0n) is 13.4. The van der Waals surface area contributed by atoms with Gasteiger partial charge in [-0.05, 0) is 38.0 Å². The van der Waals surface area contributed by atoms with Crippen molar-refractivity contribution in [2.75, 3.05) is 7.11 Å². The Hall–Kier alpha value is -2.45. The van der Waals surface area contributed by atoms with Gasteiger partial charge < -0.3 is 4.74 Å². The van der Waals surface area contributed by atoms with E-state index in [0.717, 1.165) is 22.6 Å². The number of hydrogen-bond acceptors (Lipinski definition) is 5. The Morgan fingerprint density at radius 1 is 1.48 bits per heavy atom. The zero-order valence-corrected chi connectivity index (χ0v) is 14.2. The second-order valence-electron chi connectivity index (χ2n) is 5.27. The van der Waals surface area contributed by atoms with Gasteiger partial charge in [-0.25, -0.2) is 4.98 Å². The number of methoxy groups -OCH3 is 1. The molecule has 1 heterocycles. The topological polar surface area (TPSA) is 63.0 Å². The van der Waals surface area contributed by atoms with Gasteiger partial charge in [0, 0.05) is 11.1 Å². The van der Waals surface area contributed by atoms with Crippen LogP contribution < -0.4 is 4.74 Å². The number of aromatic nitrogens is 1. The Bertz CT molecular complexity index is 771. The maximum absolute atomic E-state index is 12.4. The van der Waals surface area contributed by atoms with Crippen molar-refractivity contribution in [2.45, 2.75) is 26.2 Å². The molecule has 1 atom stereocenters. The normalized spacial score (nSPS) is 12.5. The van der Waals surface area contributed by atoms with Crippen LogP contribution in [0, 0.1) is 18.3 Å². The minimum atomic E-state index is -0.832. The van der Waals surface area contributed by atoms with Gasteiger partial charge in [0.2, 0.25) is 0 Å². The van der Waals surface area contributed by atoms with E-state index in [0.29, 0.717) is 11.4 Å². The average Bonchev–Trinajstić information content (AvgIpc) is 2.94. The van der Waals surface area contributed by atoms with Gasteiger partial charge in [-0.1, -0.05) is 23.8 Å². The first-order valence-corrected chi connectivity index (χ1v) is 8.07. The van der Waals surface area contributed by atoms with E-state index in [1.165, 1.54) is 17.4 Å². The molecule has 118 valence electrons. The molecule has 2 aromatic rings. The molecule has 0 unspecified atom stereocenters. The van der Waals surface area contributed by atoms with E-state index in [2.05, 4.69) is 11.1 Å². The van der Waals surface area contributed by atoms with Crippen LogP contribution in [0.5, 0.6) is 5.75 Å². The Morgan fingerprint density at radius 3 is 2.83 bits per heavy atom. The number of nitriles is 1. The summed E-state index contributed by atoms with van der Waals surface area (Å²) in [6, 6.07) is 9.75. The smallest absolute Gasteiger partial charge is 0.179 e. The maximum atomic E-state index is 12.4. The first-order valence-electron chi connectivity index (χ1n) is 7.19. The van der Waals surface area contributed by atoms with Crippen LogP contribution >= 0.6 is 11.3 Å². The monoisotopic (exact) mass is 326 g/mol. The fraction of sp³-hybridized carbons (Fsp3) is 0.278. The third kappa shape index (κ3) is 4.27. The van der Waals surface area contributed by atoms with Crippen molar-refractivity contribution in [3.63, 3.8) is 0 Å². The lowest BCUT2D eigenvalue weighted by Crippen LogP contribution is -2.09. The summed E-state index contributed by atoms with van der Waals surface area (Å²) in [5, 5.41) is 11.7. The first kappa shape index (κ1) is 16.9. The summed E-state index contributed by atoms with van der Waals surface area (Å²) in [5.74, 6) is -0.268. The molecule has 0 bridgehead atoms. The molecule has 0 saturated carbocycles. The van der Waals surface area contributed by atoms with Crippen molar-refractivity contribution in [3.05, 3.63) is 57.6 Å². The van der Waals surface area contributed by atoms with E-state index >= 15 is 0 Å². The number of aryl methyl sites for hydroxylation is 1. The summed E-state index contributed by atoms with van der Waals surface area (Å²) in [7, 11) is 1.62. The third-order valence-electron chi connectivity index (χ3n) is 3.35. The first-order chi connectivity index (χ1) is 11.0. The van der Waals surface area contributed by atoms with Gasteiger partial charge in [-0.15, -0.1) is 11.3 Å². The van der Waals surface area contributed by atoms with Crippen LogP contribution in [0.4, 0.5) is 0 Å². The molecule has 0 saturated heterocycles. The molecule has 0 aliphatic heterocycles. The largest absolute Gasteiger partial charge is 0.496 e. The second kappa shape index (κ2) is 7.70. The lowest BCUT2D eigenvalue weighted by molar-refractivity contribution is -0.114. The molecule has 1 aromatic carbocycles. The van der Waals surface area contributed by atoms with Crippen LogP contribution in [-0.2, 0) is 11.2 Å². The van der Waals surface area contributed by atoms with Crippen molar-refractivity contribution in [2.24, 2.45) is 0 Å². The number of nitrogens with zero attached hydrogens (tertiary/aromatic N) is 2. The molecule has 0 radical (unpaired) electrons. The lowest BCUT2D eigenvalue weighted by atomic mass is 10.0. The quantitative estimate of drug-likeness (QED) is 0.757. The molecule has 0 spiro atoms. The number of ketones is 1. The fourth-order valence-corrected chi connectivity index (χ4v) is 3.12. The van der Waals surface area contributed by atoms with Crippen molar-refractivity contribution in [3.8, 4) is 11.8 Å². The predicted octanol–water partition coefficient (Wildman–Crippen LogP) is 3.83. The Balaban J connectivity index is 2.16. The number of rotatable bonds is 6. The van der Waals surface area contributed by atoms with Crippen LogP contribution in [-0.4, -0.2) is 17.9 Å². The van der Waals surface area contributed by atoms with Gasteiger partial charge in [-0.2, -0.15) is 5.26 Å². The van der Waals surface area contributed by atoms with Crippen LogP contribution in [0.25, 0.3) is 0 Å². The van der Waals surface area contributed by atoms with E-state index in [-0.39, 0.29) is 5.78 Å². The van der Waals surface area contributed by atoms with Crippen molar-refractivity contribution in [1.29, 1.82) is 5.26 Å². The van der Waals surface area contributed by atoms with Gasteiger partial charge in [0.15, 0.2) is 11.7 Å². The van der Waals surface area contributed by atoms with E-state index < -0.39 is 5.92 Å². The summed E-state index contributed by atoms with van der Waals surface area (Å²) >= 11 is 1.34. The molecule has 23 heavy (non-hydrogen) atoms. The third-order valence-corrected chi connectivity index (χ3v) is 4.38.